The Balaban J connectivity index is 1.22. The van der Waals surface area contributed by atoms with Crippen molar-refractivity contribution in [3.05, 3.63) is 72.9 Å². The van der Waals surface area contributed by atoms with Gasteiger partial charge in [0.25, 0.3) is 0 Å². The first-order valence-electron chi connectivity index (χ1n) is 11.4. The summed E-state index contributed by atoms with van der Waals surface area (Å²) in [6.45, 7) is 3.43. The maximum atomic E-state index is 13.0. The largest absolute Gasteiger partial charge is 0.497 e. The molecule has 0 spiro atoms. The van der Waals surface area contributed by atoms with Crippen molar-refractivity contribution in [2.75, 3.05) is 43.9 Å². The molecule has 0 atom stereocenters. The number of piperazine rings is 1. The van der Waals surface area contributed by atoms with E-state index in [1.54, 1.807) is 25.8 Å². The molecule has 0 saturated carbocycles. The lowest BCUT2D eigenvalue weighted by Crippen LogP contribution is -2.49. The van der Waals surface area contributed by atoms with Crippen LogP contribution in [0.4, 0.5) is 5.69 Å². The molecule has 0 radical (unpaired) electrons. The van der Waals surface area contributed by atoms with Gasteiger partial charge in [-0.05, 0) is 48.5 Å². The van der Waals surface area contributed by atoms with Crippen LogP contribution >= 0.6 is 11.8 Å². The normalized spacial score (nSPS) is 13.7. The minimum atomic E-state index is 0.0971. The molecule has 4 aromatic rings. The zero-order valence-corrected chi connectivity index (χ0v) is 20.2. The number of hydrogen-bond donors (Lipinski definition) is 0. The lowest BCUT2D eigenvalue weighted by molar-refractivity contribution is -0.128. The molecule has 0 aliphatic carbocycles. The van der Waals surface area contributed by atoms with Crippen molar-refractivity contribution in [1.29, 1.82) is 0 Å². The van der Waals surface area contributed by atoms with E-state index in [4.69, 9.17) is 9.15 Å². The zero-order valence-electron chi connectivity index (χ0n) is 19.4. The van der Waals surface area contributed by atoms with Crippen molar-refractivity contribution in [2.24, 2.45) is 0 Å². The van der Waals surface area contributed by atoms with Crippen LogP contribution in [0.1, 0.15) is 5.76 Å². The number of pyridine rings is 1. The maximum Gasteiger partial charge on any atom is 0.233 e. The Morgan fingerprint density at radius 2 is 1.89 bits per heavy atom. The van der Waals surface area contributed by atoms with Crippen LogP contribution < -0.4 is 9.64 Å². The van der Waals surface area contributed by atoms with E-state index >= 15 is 0 Å². The smallest absolute Gasteiger partial charge is 0.233 e. The number of carbonyl (C=O) groups excluding carboxylic acids is 1. The van der Waals surface area contributed by atoms with E-state index < -0.39 is 0 Å². The van der Waals surface area contributed by atoms with Gasteiger partial charge in [0.1, 0.15) is 11.5 Å². The Morgan fingerprint density at radius 3 is 2.57 bits per heavy atom. The lowest BCUT2D eigenvalue weighted by Gasteiger charge is -2.36. The molecule has 1 aliphatic heterocycles. The second-order valence-corrected chi connectivity index (χ2v) is 9.01. The Hall–Kier alpha value is -3.79. The summed E-state index contributed by atoms with van der Waals surface area (Å²) >= 11 is 1.40. The first-order valence-corrected chi connectivity index (χ1v) is 12.4. The highest BCUT2D eigenvalue weighted by Crippen LogP contribution is 2.26. The average molecular weight is 491 g/mol. The monoisotopic (exact) mass is 490 g/mol. The summed E-state index contributed by atoms with van der Waals surface area (Å²) in [7, 11) is 1.66. The number of amides is 1. The van der Waals surface area contributed by atoms with E-state index in [0.29, 0.717) is 36.4 Å². The van der Waals surface area contributed by atoms with Crippen LogP contribution in [0, 0.1) is 0 Å². The van der Waals surface area contributed by atoms with Crippen LogP contribution in [0.15, 0.2) is 76.8 Å². The third kappa shape index (κ3) is 5.32. The number of benzene rings is 1. The molecule has 1 amide bonds. The number of methoxy groups -OCH3 is 1. The molecule has 1 fully saturated rings. The predicted octanol–water partition coefficient (Wildman–Crippen LogP) is 3.43. The molecule has 10 heteroatoms. The molecule has 0 unspecified atom stereocenters. The number of hydrogen-bond acceptors (Lipinski definition) is 8. The summed E-state index contributed by atoms with van der Waals surface area (Å²) in [5.74, 6) is 2.72. The minimum absolute atomic E-state index is 0.0971. The van der Waals surface area contributed by atoms with E-state index in [1.165, 1.54) is 11.8 Å². The maximum absolute atomic E-state index is 13.0. The Labute approximate surface area is 207 Å². The van der Waals surface area contributed by atoms with Gasteiger partial charge in [-0.2, -0.15) is 0 Å². The van der Waals surface area contributed by atoms with E-state index in [-0.39, 0.29) is 5.91 Å². The number of thioether (sulfide) groups is 1. The molecular formula is C25H26N6O3S. The molecule has 35 heavy (non-hydrogen) atoms. The Kier molecular flexibility index (Phi) is 6.99. The van der Waals surface area contributed by atoms with Gasteiger partial charge in [-0.25, -0.2) is 0 Å². The van der Waals surface area contributed by atoms with Crippen molar-refractivity contribution in [3.8, 4) is 17.1 Å². The summed E-state index contributed by atoms with van der Waals surface area (Å²) in [5, 5.41) is 9.43. The van der Waals surface area contributed by atoms with Gasteiger partial charge in [-0.3, -0.25) is 14.3 Å². The molecular weight excluding hydrogens is 464 g/mol. The highest BCUT2D eigenvalue weighted by molar-refractivity contribution is 7.99. The van der Waals surface area contributed by atoms with E-state index in [2.05, 4.69) is 32.2 Å². The number of furan rings is 1. The van der Waals surface area contributed by atoms with Gasteiger partial charge >= 0.3 is 0 Å². The number of anilines is 1. The van der Waals surface area contributed by atoms with Crippen LogP contribution in [0.25, 0.3) is 11.4 Å². The Bertz CT molecular complexity index is 1240. The molecule has 0 bridgehead atoms. The highest BCUT2D eigenvalue weighted by Gasteiger charge is 2.23. The van der Waals surface area contributed by atoms with Crippen LogP contribution in [-0.2, 0) is 11.3 Å². The van der Waals surface area contributed by atoms with Crippen LogP contribution in [0.3, 0.4) is 0 Å². The molecule has 1 aliphatic rings. The second-order valence-electron chi connectivity index (χ2n) is 8.07. The van der Waals surface area contributed by atoms with Crippen LogP contribution in [-0.4, -0.2) is 69.6 Å². The van der Waals surface area contributed by atoms with Gasteiger partial charge in [-0.15, -0.1) is 10.2 Å². The fraction of sp³-hybridized carbons (Fsp3) is 0.280. The number of aromatic nitrogens is 4. The number of nitrogens with zero attached hydrogens (tertiary/aromatic N) is 6. The molecule has 1 aromatic carbocycles. The van der Waals surface area contributed by atoms with Crippen molar-refractivity contribution in [1.82, 2.24) is 24.6 Å². The Morgan fingerprint density at radius 1 is 1.06 bits per heavy atom. The van der Waals surface area contributed by atoms with Crippen molar-refractivity contribution in [2.45, 2.75) is 11.7 Å². The highest BCUT2D eigenvalue weighted by atomic mass is 32.2. The topological polar surface area (TPSA) is 89.5 Å². The van der Waals surface area contributed by atoms with Gasteiger partial charge in [0.2, 0.25) is 5.91 Å². The predicted molar refractivity (Wildman–Crippen MR) is 134 cm³/mol. The molecule has 4 heterocycles. The van der Waals surface area contributed by atoms with Crippen LogP contribution in [0.5, 0.6) is 5.75 Å². The summed E-state index contributed by atoms with van der Waals surface area (Å²) in [4.78, 5) is 21.4. The quantitative estimate of drug-likeness (QED) is 0.347. The number of ether oxygens (including phenoxy) is 1. The van der Waals surface area contributed by atoms with Crippen LogP contribution in [0.2, 0.25) is 0 Å². The average Bonchev–Trinajstić information content (AvgIpc) is 3.58. The lowest BCUT2D eigenvalue weighted by atomic mass is 10.2. The SMILES string of the molecule is COc1ccc(N2CCN(C(=O)CSc3nnc(-c4cccnc4)n3Cc3ccco3)CC2)cc1. The minimum Gasteiger partial charge on any atom is -0.497 e. The number of carbonyl (C=O) groups is 1. The zero-order chi connectivity index (χ0) is 24.0. The molecule has 180 valence electrons. The van der Waals surface area contributed by atoms with Crippen molar-refractivity contribution >= 4 is 23.4 Å². The molecule has 9 nitrogen and oxygen atoms in total. The molecule has 0 N–H and O–H groups in total. The van der Waals surface area contributed by atoms with E-state index in [9.17, 15) is 4.79 Å². The van der Waals surface area contributed by atoms with Gasteiger partial charge in [0.05, 0.1) is 25.7 Å². The van der Waals surface area contributed by atoms with Gasteiger partial charge < -0.3 is 19.0 Å². The fourth-order valence-electron chi connectivity index (χ4n) is 4.03. The van der Waals surface area contributed by atoms with Gasteiger partial charge in [-0.1, -0.05) is 11.8 Å². The fourth-order valence-corrected chi connectivity index (χ4v) is 4.87. The first kappa shape index (κ1) is 23.0. The standard InChI is InChI=1S/C25H26N6O3S/c1-33-21-8-6-20(7-9-21)29-11-13-30(14-12-29)23(32)18-35-25-28-27-24(19-4-2-10-26-16-19)31(25)17-22-5-3-15-34-22/h2-10,15-16H,11-14,17-18H2,1H3. The number of rotatable bonds is 8. The molecule has 3 aromatic heterocycles. The summed E-state index contributed by atoms with van der Waals surface area (Å²) in [6, 6.07) is 15.6. The summed E-state index contributed by atoms with van der Waals surface area (Å²) < 4.78 is 12.8. The third-order valence-corrected chi connectivity index (χ3v) is 6.88. The summed E-state index contributed by atoms with van der Waals surface area (Å²) in [5.41, 5.74) is 2.00. The second kappa shape index (κ2) is 10.6. The third-order valence-electron chi connectivity index (χ3n) is 5.93. The summed E-state index contributed by atoms with van der Waals surface area (Å²) in [6.07, 6.45) is 5.12. The van der Waals surface area contributed by atoms with E-state index in [1.807, 2.05) is 45.9 Å². The van der Waals surface area contributed by atoms with E-state index in [0.717, 1.165) is 35.9 Å². The van der Waals surface area contributed by atoms with Gasteiger partial charge in [0.15, 0.2) is 11.0 Å². The molecule has 1 saturated heterocycles. The molecule has 5 rings (SSSR count). The van der Waals surface area contributed by atoms with Crippen molar-refractivity contribution in [3.63, 3.8) is 0 Å². The van der Waals surface area contributed by atoms with Crippen molar-refractivity contribution < 1.29 is 13.9 Å². The first-order chi connectivity index (χ1) is 17.2. The van der Waals surface area contributed by atoms with Gasteiger partial charge in [0, 0.05) is 49.8 Å².